The van der Waals surface area contributed by atoms with Crippen LogP contribution in [0.1, 0.15) is 51.2 Å². The van der Waals surface area contributed by atoms with Gasteiger partial charge < -0.3 is 18.6 Å². The third kappa shape index (κ3) is 2.87. The predicted octanol–water partition coefficient (Wildman–Crippen LogP) is 2.61. The number of hydrogen-bond acceptors (Lipinski definition) is 8. The zero-order valence-electron chi connectivity index (χ0n) is 17.3. The molecular weight excluding hydrogens is 392 g/mol. The molecule has 3 fully saturated rings. The second-order valence-corrected chi connectivity index (χ2v) is 9.16. The predicted molar refractivity (Wildman–Crippen MR) is 101 cm³/mol. The van der Waals surface area contributed by atoms with Gasteiger partial charge in [0.15, 0.2) is 11.9 Å². The van der Waals surface area contributed by atoms with E-state index in [1.165, 1.54) is 19.6 Å². The summed E-state index contributed by atoms with van der Waals surface area (Å²) in [6.45, 7) is 4.08. The number of esters is 2. The van der Waals surface area contributed by atoms with Crippen molar-refractivity contribution in [2.24, 2.45) is 28.6 Å². The Kier molecular flexibility index (Phi) is 4.98. The van der Waals surface area contributed by atoms with E-state index in [1.807, 2.05) is 13.8 Å². The van der Waals surface area contributed by atoms with Gasteiger partial charge in [0.25, 0.3) is 6.47 Å². The lowest BCUT2D eigenvalue weighted by Gasteiger charge is -2.60. The van der Waals surface area contributed by atoms with Crippen molar-refractivity contribution in [3.05, 3.63) is 24.2 Å². The molecule has 30 heavy (non-hydrogen) atoms. The molecule has 0 bridgehead atoms. The van der Waals surface area contributed by atoms with Crippen LogP contribution < -0.4 is 0 Å². The van der Waals surface area contributed by atoms with Crippen molar-refractivity contribution < 1.29 is 37.8 Å². The van der Waals surface area contributed by atoms with E-state index in [9.17, 15) is 19.2 Å². The minimum absolute atomic E-state index is 0.0909. The molecule has 0 spiro atoms. The fraction of sp³-hybridized carbons (Fsp3) is 0.636. The number of hydrogen-bond donors (Lipinski definition) is 0. The fourth-order valence-electron chi connectivity index (χ4n) is 6.35. The van der Waals surface area contributed by atoms with Crippen LogP contribution in [0, 0.1) is 28.6 Å². The highest BCUT2D eigenvalue weighted by atomic mass is 16.5. The van der Waals surface area contributed by atoms with Crippen LogP contribution in [0.25, 0.3) is 0 Å². The Hall–Kier alpha value is -2.64. The Balaban J connectivity index is 1.80. The fourth-order valence-corrected chi connectivity index (χ4v) is 6.35. The third-order valence-electron chi connectivity index (χ3n) is 7.72. The van der Waals surface area contributed by atoms with Crippen LogP contribution >= 0.6 is 0 Å². The first-order valence-corrected chi connectivity index (χ1v) is 10.2. The second kappa shape index (κ2) is 7.25. The highest BCUT2D eigenvalue weighted by molar-refractivity contribution is 5.92. The summed E-state index contributed by atoms with van der Waals surface area (Å²) in [6.07, 6.45) is 2.98. The summed E-state index contributed by atoms with van der Waals surface area (Å²) in [5.41, 5.74) is -0.751. The SMILES string of the molecule is COC(=O)[C@@H]1C[C@H](OC=O)C(=O)C2[C@@]3(C)C[C@@H](c4ccoc4)OC(=O)C3CC[C@]21C. The Morgan fingerprint density at radius 3 is 2.67 bits per heavy atom. The van der Waals surface area contributed by atoms with Crippen LogP contribution in [0.15, 0.2) is 23.0 Å². The minimum atomic E-state index is -1.04. The Morgan fingerprint density at radius 2 is 2.03 bits per heavy atom. The highest BCUT2D eigenvalue weighted by Crippen LogP contribution is 2.65. The molecule has 8 heteroatoms. The number of methoxy groups -OCH3 is 1. The van der Waals surface area contributed by atoms with E-state index in [1.54, 1.807) is 6.07 Å². The number of fused-ring (bicyclic) bond motifs is 3. The van der Waals surface area contributed by atoms with Gasteiger partial charge >= 0.3 is 11.9 Å². The van der Waals surface area contributed by atoms with Gasteiger partial charge in [-0.25, -0.2) is 0 Å². The van der Waals surface area contributed by atoms with Crippen molar-refractivity contribution in [3.63, 3.8) is 0 Å². The van der Waals surface area contributed by atoms with Gasteiger partial charge in [-0.1, -0.05) is 13.8 Å². The highest BCUT2D eigenvalue weighted by Gasteiger charge is 2.67. The molecule has 1 saturated heterocycles. The lowest BCUT2D eigenvalue weighted by atomic mass is 9.43. The molecule has 8 nitrogen and oxygen atoms in total. The van der Waals surface area contributed by atoms with E-state index < -0.39 is 46.8 Å². The number of Topliss-reactive ketones (excluding diaryl/α,β-unsaturated/α-hetero) is 1. The van der Waals surface area contributed by atoms with Crippen molar-refractivity contribution in [1.29, 1.82) is 0 Å². The molecule has 1 aromatic rings. The molecule has 2 unspecified atom stereocenters. The average Bonchev–Trinajstić information content (AvgIpc) is 3.23. The van der Waals surface area contributed by atoms with Crippen LogP contribution in [0.2, 0.25) is 0 Å². The third-order valence-corrected chi connectivity index (χ3v) is 7.72. The number of ketones is 1. The molecule has 7 atom stereocenters. The molecule has 2 aliphatic carbocycles. The molecule has 2 heterocycles. The molecule has 0 radical (unpaired) electrons. The maximum atomic E-state index is 13.6. The summed E-state index contributed by atoms with van der Waals surface area (Å²) < 4.78 is 21.0. The van der Waals surface area contributed by atoms with Gasteiger partial charge in [-0.05, 0) is 36.2 Å². The van der Waals surface area contributed by atoms with Gasteiger partial charge in [0, 0.05) is 17.9 Å². The second-order valence-electron chi connectivity index (χ2n) is 9.16. The summed E-state index contributed by atoms with van der Waals surface area (Å²) in [5, 5.41) is 0. The average molecular weight is 418 g/mol. The molecule has 3 aliphatic rings. The Morgan fingerprint density at radius 1 is 1.27 bits per heavy atom. The van der Waals surface area contributed by atoms with Crippen molar-refractivity contribution in [2.45, 2.75) is 51.7 Å². The molecule has 1 aliphatic heterocycles. The summed E-state index contributed by atoms with van der Waals surface area (Å²) in [6, 6.07) is 1.74. The number of cyclic esters (lactones) is 1. The summed E-state index contributed by atoms with van der Waals surface area (Å²) >= 11 is 0. The van der Waals surface area contributed by atoms with Crippen LogP contribution in [-0.2, 0) is 33.4 Å². The van der Waals surface area contributed by atoms with Gasteiger partial charge in [-0.2, -0.15) is 0 Å². The number of carbonyl (C=O) groups is 4. The van der Waals surface area contributed by atoms with Crippen molar-refractivity contribution >= 4 is 24.2 Å². The quantitative estimate of drug-likeness (QED) is 0.417. The molecule has 1 aromatic heterocycles. The molecular formula is C22H26O8. The molecule has 4 rings (SSSR count). The zero-order chi connectivity index (χ0) is 21.7. The van der Waals surface area contributed by atoms with Crippen molar-refractivity contribution in [1.82, 2.24) is 0 Å². The Labute approximate surface area is 174 Å². The number of ether oxygens (including phenoxy) is 3. The molecule has 0 N–H and O–H groups in total. The van der Waals surface area contributed by atoms with Crippen LogP contribution in [0.5, 0.6) is 0 Å². The zero-order valence-corrected chi connectivity index (χ0v) is 17.3. The lowest BCUT2D eigenvalue weighted by molar-refractivity contribution is -0.209. The normalized spacial score (nSPS) is 40.6. The van der Waals surface area contributed by atoms with E-state index in [4.69, 9.17) is 18.6 Å². The van der Waals surface area contributed by atoms with Crippen molar-refractivity contribution in [3.8, 4) is 0 Å². The summed E-state index contributed by atoms with van der Waals surface area (Å²) in [7, 11) is 1.31. The van der Waals surface area contributed by atoms with Gasteiger partial charge in [0.2, 0.25) is 0 Å². The van der Waals surface area contributed by atoms with Crippen LogP contribution in [0.4, 0.5) is 0 Å². The summed E-state index contributed by atoms with van der Waals surface area (Å²) in [5.74, 6) is -2.76. The first-order chi connectivity index (χ1) is 14.3. The molecule has 0 amide bonds. The van der Waals surface area contributed by atoms with E-state index in [2.05, 4.69) is 0 Å². The maximum Gasteiger partial charge on any atom is 0.310 e. The smallest absolute Gasteiger partial charge is 0.310 e. The van der Waals surface area contributed by atoms with Gasteiger partial charge in [0.05, 0.1) is 31.5 Å². The van der Waals surface area contributed by atoms with E-state index in [0.29, 0.717) is 19.3 Å². The summed E-state index contributed by atoms with van der Waals surface area (Å²) in [4.78, 5) is 50.3. The number of carbonyl (C=O) groups excluding carboxylic acids is 4. The lowest BCUT2D eigenvalue weighted by Crippen LogP contribution is -2.64. The molecule has 2 saturated carbocycles. The largest absolute Gasteiger partial charge is 0.472 e. The minimum Gasteiger partial charge on any atom is -0.472 e. The van der Waals surface area contributed by atoms with E-state index >= 15 is 0 Å². The molecule has 0 aromatic carbocycles. The number of rotatable bonds is 4. The van der Waals surface area contributed by atoms with Gasteiger partial charge in [-0.3, -0.25) is 19.2 Å². The maximum absolute atomic E-state index is 13.6. The van der Waals surface area contributed by atoms with E-state index in [-0.39, 0.29) is 24.6 Å². The topological polar surface area (TPSA) is 109 Å². The van der Waals surface area contributed by atoms with Crippen LogP contribution in [-0.4, -0.2) is 37.4 Å². The Bertz CT molecular complexity index is 860. The first kappa shape index (κ1) is 20.6. The monoisotopic (exact) mass is 418 g/mol. The van der Waals surface area contributed by atoms with E-state index in [0.717, 1.165) is 5.56 Å². The first-order valence-electron chi connectivity index (χ1n) is 10.2. The standard InChI is InChI=1S/C22H26O8/c1-21-6-4-13-20(26)30-16(12-5-7-28-10-12)9-22(13,2)18(21)17(24)15(29-11-23)8-14(21)19(25)27-3/h5,7,10-11,13-16,18H,4,6,8-9H2,1-3H3/t13?,14-,15-,16-,18?,21-,22-/m0/s1. The van der Waals surface area contributed by atoms with Crippen molar-refractivity contribution in [2.75, 3.05) is 7.11 Å². The van der Waals surface area contributed by atoms with Gasteiger partial charge in [-0.15, -0.1) is 0 Å². The number of furan rings is 1. The van der Waals surface area contributed by atoms with Gasteiger partial charge in [0.1, 0.15) is 6.10 Å². The molecule has 162 valence electrons. The van der Waals surface area contributed by atoms with Crippen LogP contribution in [0.3, 0.4) is 0 Å².